The van der Waals surface area contributed by atoms with Crippen LogP contribution >= 0.6 is 0 Å². The van der Waals surface area contributed by atoms with Gasteiger partial charge in [-0.15, -0.1) is 0 Å². The molecule has 3 nitrogen and oxygen atoms in total. The van der Waals surface area contributed by atoms with Crippen LogP contribution in [0.2, 0.25) is 0 Å². The van der Waals surface area contributed by atoms with Crippen LogP contribution in [-0.4, -0.2) is 25.3 Å². The van der Waals surface area contributed by atoms with Crippen LogP contribution in [0.15, 0.2) is 85.1 Å². The summed E-state index contributed by atoms with van der Waals surface area (Å²) < 4.78 is 10.1. The summed E-state index contributed by atoms with van der Waals surface area (Å²) in [5, 5.41) is 0. The number of hydrogen-bond donors (Lipinski definition) is 0. The fraction of sp³-hybridized carbons (Fsp3) is 0.0455. The Kier molecular flexibility index (Phi) is 4.61. The molecule has 4 aromatic rings. The van der Waals surface area contributed by atoms with E-state index in [1.54, 1.807) is 0 Å². The van der Waals surface area contributed by atoms with Gasteiger partial charge < -0.3 is 0 Å². The molecule has 0 radical (unpaired) electrons. The predicted octanol–water partition coefficient (Wildman–Crippen LogP) is 3.19. The van der Waals surface area contributed by atoms with Crippen molar-refractivity contribution in [3.8, 4) is 17.0 Å². The summed E-state index contributed by atoms with van der Waals surface area (Å²) in [6, 6.07) is 26.6. The quantitative estimate of drug-likeness (QED) is 0.385. The predicted molar refractivity (Wildman–Crippen MR) is 106 cm³/mol. The molecular weight excluding hydrogens is 389 g/mol. The van der Waals surface area contributed by atoms with Gasteiger partial charge in [-0.25, -0.2) is 0 Å². The molecule has 2 aromatic heterocycles. The number of fused-ring (bicyclic) bond motifs is 1. The Labute approximate surface area is 158 Å². The molecule has 0 aliphatic heterocycles. The topological polar surface area (TPSA) is 30.7 Å². The molecule has 128 valence electrons. The Bertz CT molecular complexity index is 1060. The minimum atomic E-state index is -0.300. The number of pyridine rings is 1. The maximum atomic E-state index is 11.8. The summed E-state index contributed by atoms with van der Waals surface area (Å²) in [6.45, 7) is 1.45. The molecule has 0 saturated carbocycles. The van der Waals surface area contributed by atoms with Crippen LogP contribution in [-0.2, 0) is 4.79 Å². The third-order valence-electron chi connectivity index (χ3n) is 4.01. The van der Waals surface area contributed by atoms with Gasteiger partial charge in [0.1, 0.15) is 0 Å². The molecule has 0 atom stereocenters. The number of hydrogen-bond acceptors (Lipinski definition) is 2. The van der Waals surface area contributed by atoms with Crippen LogP contribution < -0.4 is 13.7 Å². The second-order valence-corrected chi connectivity index (χ2v) is 8.11. The van der Waals surface area contributed by atoms with Gasteiger partial charge >= 0.3 is 158 Å². The molecule has 0 N–H and O–H groups in total. The van der Waals surface area contributed by atoms with Gasteiger partial charge in [-0.3, -0.25) is 0 Å². The van der Waals surface area contributed by atoms with Crippen molar-refractivity contribution in [1.82, 2.24) is 4.40 Å². The van der Waals surface area contributed by atoms with Crippen LogP contribution in [0.25, 0.3) is 16.8 Å². The fourth-order valence-electron chi connectivity index (χ4n) is 2.97. The number of carbonyl (C=O) groups is 1. The Morgan fingerprint density at radius 2 is 1.54 bits per heavy atom. The first-order valence-corrected chi connectivity index (χ1v) is 10.0. The van der Waals surface area contributed by atoms with E-state index in [4.69, 9.17) is 4.74 Å². The molecule has 0 amide bonds. The van der Waals surface area contributed by atoms with Gasteiger partial charge in [0.05, 0.1) is 0 Å². The van der Waals surface area contributed by atoms with Crippen molar-refractivity contribution in [1.29, 1.82) is 0 Å². The molecule has 2 aromatic carbocycles. The van der Waals surface area contributed by atoms with Crippen molar-refractivity contribution < 1.29 is 9.53 Å². The molecule has 0 unspecified atom stereocenters. The van der Waals surface area contributed by atoms with Gasteiger partial charge in [-0.2, -0.15) is 0 Å². The van der Waals surface area contributed by atoms with Crippen LogP contribution in [0.5, 0.6) is 5.75 Å². The van der Waals surface area contributed by atoms with E-state index in [-0.39, 0.29) is 20.9 Å². The van der Waals surface area contributed by atoms with Gasteiger partial charge in [-0.05, 0) is 0 Å². The van der Waals surface area contributed by atoms with Gasteiger partial charge in [0.25, 0.3) is 0 Å². The molecule has 0 aliphatic carbocycles. The van der Waals surface area contributed by atoms with E-state index in [2.05, 4.69) is 28.7 Å². The summed E-state index contributed by atoms with van der Waals surface area (Å²) >= 11 is 0.00321. The number of carbonyl (C=O) groups excluding carboxylic acids is 1. The summed E-state index contributed by atoms with van der Waals surface area (Å²) in [5.74, 6) is 0.367. The van der Waals surface area contributed by atoms with Crippen LogP contribution in [0.4, 0.5) is 0 Å². The zero-order valence-electron chi connectivity index (χ0n) is 14.3. The van der Waals surface area contributed by atoms with E-state index in [9.17, 15) is 4.79 Å². The Balaban J connectivity index is 2.00. The first-order valence-electron chi connectivity index (χ1n) is 8.34. The molecule has 4 heteroatoms. The second kappa shape index (κ2) is 7.20. The first-order chi connectivity index (χ1) is 12.7. The average Bonchev–Trinajstić information content (AvgIpc) is 2.96. The van der Waals surface area contributed by atoms with Gasteiger partial charge in [0.2, 0.25) is 0 Å². The Morgan fingerprint density at radius 1 is 0.885 bits per heavy atom. The van der Waals surface area contributed by atoms with Crippen molar-refractivity contribution in [2.75, 3.05) is 0 Å². The summed E-state index contributed by atoms with van der Waals surface area (Å²) in [4.78, 5) is 11.8. The molecule has 26 heavy (non-hydrogen) atoms. The van der Waals surface area contributed by atoms with E-state index in [0.29, 0.717) is 5.75 Å². The molecule has 0 bridgehead atoms. The van der Waals surface area contributed by atoms with E-state index >= 15 is 0 Å². The van der Waals surface area contributed by atoms with Gasteiger partial charge in [0.15, 0.2) is 0 Å². The number of rotatable bonds is 4. The number of esters is 1. The van der Waals surface area contributed by atoms with E-state index < -0.39 is 0 Å². The second-order valence-electron chi connectivity index (χ2n) is 5.84. The normalized spacial score (nSPS) is 10.8. The van der Waals surface area contributed by atoms with E-state index in [0.717, 1.165) is 21.2 Å². The molecule has 0 aliphatic rings. The van der Waals surface area contributed by atoms with Crippen molar-refractivity contribution in [2.24, 2.45) is 0 Å². The number of benzene rings is 2. The molecule has 0 spiro atoms. The first kappa shape index (κ1) is 16.6. The molecule has 2 heterocycles. The molecule has 4 rings (SSSR count). The summed E-state index contributed by atoms with van der Waals surface area (Å²) in [5.41, 5.74) is 3.11. The molecule has 0 saturated heterocycles. The maximum absolute atomic E-state index is 11.8. The van der Waals surface area contributed by atoms with Crippen molar-refractivity contribution in [3.63, 3.8) is 0 Å². The van der Waals surface area contributed by atoms with Crippen LogP contribution in [0, 0.1) is 0 Å². The monoisotopic (exact) mass is 407 g/mol. The molecular formula is C22H17NO2Se. The van der Waals surface area contributed by atoms with Crippen molar-refractivity contribution in [3.05, 3.63) is 85.1 Å². The Morgan fingerprint density at radius 3 is 2.23 bits per heavy atom. The van der Waals surface area contributed by atoms with E-state index in [1.165, 1.54) is 11.4 Å². The zero-order chi connectivity index (χ0) is 17.9. The average molecular weight is 406 g/mol. The Hall–Kier alpha value is -2.81. The fourth-order valence-corrected chi connectivity index (χ4v) is 5.23. The summed E-state index contributed by atoms with van der Waals surface area (Å²) in [7, 11) is 0. The van der Waals surface area contributed by atoms with Crippen LogP contribution in [0.1, 0.15) is 6.92 Å². The van der Waals surface area contributed by atoms with Gasteiger partial charge in [-0.1, -0.05) is 0 Å². The zero-order valence-corrected chi connectivity index (χ0v) is 16.0. The third kappa shape index (κ3) is 3.17. The number of ether oxygens (including phenoxy) is 1. The van der Waals surface area contributed by atoms with Gasteiger partial charge in [0, 0.05) is 0 Å². The SMILES string of the molecule is CC(=O)Oc1c([Se]c2ccccc2)c(-c2ccccc2)n2ccccc12. The van der Waals surface area contributed by atoms with E-state index in [1.807, 2.05) is 60.8 Å². The number of aromatic nitrogens is 1. The third-order valence-corrected chi connectivity index (χ3v) is 6.30. The number of nitrogens with zero attached hydrogens (tertiary/aromatic N) is 1. The van der Waals surface area contributed by atoms with Crippen LogP contribution in [0.3, 0.4) is 0 Å². The standard InChI is InChI=1S/C22H17NO2Se/c1-16(24)25-21-19-14-8-9-15-23(19)20(17-10-4-2-5-11-17)22(21)26-18-12-6-3-7-13-18/h2-15H,1H3. The summed E-state index contributed by atoms with van der Waals surface area (Å²) in [6.07, 6.45) is 2.02. The van der Waals surface area contributed by atoms with Crippen molar-refractivity contribution in [2.45, 2.75) is 6.92 Å². The van der Waals surface area contributed by atoms with Crippen molar-refractivity contribution >= 4 is 35.4 Å². The minimum absolute atomic E-state index is 0.00321. The molecule has 0 fully saturated rings.